The summed E-state index contributed by atoms with van der Waals surface area (Å²) in [6.45, 7) is 18.5. The second-order valence-electron chi connectivity index (χ2n) is 13.8. The standard InChI is InChI=1S/C28H21N2O.C15H28O2.Ir/c1-16(2)23-15-24-26-28(31-27(24)22-11-7-6-10-21(22)23)25(29-17(3)30-26)20-13-12-18-8-4-5-9-19(18)14-20;1-7-14(5,8-2)12(16)11-13(17)15(6,9-3)10-4;/h4-12,14-16H,1-3H3;11,16H,7-10H2,1-6H3;/q-1;;/b;12-11-;. The summed E-state index contributed by atoms with van der Waals surface area (Å²) in [5.74, 6) is 1.41. The predicted octanol–water partition coefficient (Wildman–Crippen LogP) is 12.2. The Morgan fingerprint density at radius 1 is 0.837 bits per heavy atom. The van der Waals surface area contributed by atoms with Crippen LogP contribution in [0, 0.1) is 23.8 Å². The van der Waals surface area contributed by atoms with Crippen LogP contribution in [-0.4, -0.2) is 20.9 Å². The summed E-state index contributed by atoms with van der Waals surface area (Å²) in [4.78, 5) is 21.8. The molecule has 259 valence electrons. The van der Waals surface area contributed by atoms with Gasteiger partial charge < -0.3 is 9.52 Å². The molecule has 0 aliphatic heterocycles. The zero-order valence-electron chi connectivity index (χ0n) is 30.3. The molecule has 2 heterocycles. The van der Waals surface area contributed by atoms with Crippen molar-refractivity contribution in [2.75, 3.05) is 0 Å². The quantitative estimate of drug-likeness (QED) is 0.0892. The molecular formula is C43H49IrN2O3-. The number of carbonyl (C=O) groups excluding carboxylic acids is 1. The number of hydrogen-bond donors (Lipinski definition) is 1. The van der Waals surface area contributed by atoms with E-state index in [1.807, 2.05) is 66.7 Å². The first-order valence-corrected chi connectivity index (χ1v) is 17.4. The fourth-order valence-electron chi connectivity index (χ4n) is 6.21. The number of fused-ring (bicyclic) bond motifs is 6. The zero-order chi connectivity index (χ0) is 34.8. The first-order valence-electron chi connectivity index (χ1n) is 17.4. The Hall–Kier alpha value is -3.86. The van der Waals surface area contributed by atoms with Crippen molar-refractivity contribution >= 4 is 49.4 Å². The van der Waals surface area contributed by atoms with E-state index in [0.29, 0.717) is 5.92 Å². The molecule has 0 bridgehead atoms. The van der Waals surface area contributed by atoms with E-state index in [2.05, 4.69) is 68.4 Å². The summed E-state index contributed by atoms with van der Waals surface area (Å²) in [6, 6.07) is 26.5. The van der Waals surface area contributed by atoms with Crippen LogP contribution in [0.3, 0.4) is 0 Å². The number of allylic oxidation sites excluding steroid dienone is 2. The van der Waals surface area contributed by atoms with Crippen molar-refractivity contribution in [1.82, 2.24) is 9.97 Å². The summed E-state index contributed by atoms with van der Waals surface area (Å²) in [7, 11) is 0. The van der Waals surface area contributed by atoms with E-state index in [4.69, 9.17) is 14.4 Å². The van der Waals surface area contributed by atoms with Gasteiger partial charge in [0.15, 0.2) is 5.78 Å². The average molecular weight is 834 g/mol. The Morgan fingerprint density at radius 2 is 1.43 bits per heavy atom. The van der Waals surface area contributed by atoms with Crippen molar-refractivity contribution in [3.05, 3.63) is 96.0 Å². The molecule has 5 nitrogen and oxygen atoms in total. The molecule has 0 atom stereocenters. The van der Waals surface area contributed by atoms with E-state index in [9.17, 15) is 9.90 Å². The van der Waals surface area contributed by atoms with Crippen molar-refractivity contribution in [3.63, 3.8) is 0 Å². The van der Waals surface area contributed by atoms with Crippen LogP contribution in [-0.2, 0) is 24.9 Å². The van der Waals surface area contributed by atoms with Crippen LogP contribution < -0.4 is 0 Å². The monoisotopic (exact) mass is 834 g/mol. The first-order chi connectivity index (χ1) is 22.9. The van der Waals surface area contributed by atoms with Crippen molar-refractivity contribution in [2.24, 2.45) is 10.8 Å². The number of aliphatic hydroxyl groups is 1. The number of aliphatic hydroxyl groups excluding tert-OH is 1. The number of hydrogen-bond acceptors (Lipinski definition) is 5. The maximum absolute atomic E-state index is 12.2. The Bertz CT molecular complexity index is 2130. The van der Waals surface area contributed by atoms with Gasteiger partial charge >= 0.3 is 0 Å². The zero-order valence-corrected chi connectivity index (χ0v) is 32.7. The van der Waals surface area contributed by atoms with Crippen LogP contribution in [0.1, 0.15) is 98.4 Å². The van der Waals surface area contributed by atoms with Crippen LogP contribution >= 0.6 is 0 Å². The number of ketones is 1. The fourth-order valence-corrected chi connectivity index (χ4v) is 6.21. The molecule has 2 aromatic heterocycles. The third-order valence-electron chi connectivity index (χ3n) is 10.6. The number of benzene rings is 4. The minimum Gasteiger partial charge on any atom is -0.512 e. The molecule has 0 unspecified atom stereocenters. The van der Waals surface area contributed by atoms with Crippen LogP contribution in [0.4, 0.5) is 0 Å². The molecule has 6 rings (SSSR count). The second-order valence-corrected chi connectivity index (χ2v) is 13.8. The normalized spacial score (nSPS) is 12.4. The van der Waals surface area contributed by atoms with E-state index in [-0.39, 0.29) is 42.5 Å². The van der Waals surface area contributed by atoms with Gasteiger partial charge in [-0.15, -0.1) is 29.1 Å². The van der Waals surface area contributed by atoms with Gasteiger partial charge in [-0.3, -0.25) is 9.78 Å². The Labute approximate surface area is 304 Å². The molecule has 1 radical (unpaired) electrons. The molecule has 1 N–H and O–H groups in total. The van der Waals surface area contributed by atoms with Gasteiger partial charge in [-0.2, -0.15) is 0 Å². The van der Waals surface area contributed by atoms with Gasteiger partial charge in [0.05, 0.1) is 0 Å². The molecule has 4 aromatic carbocycles. The van der Waals surface area contributed by atoms with Gasteiger partial charge in [0.1, 0.15) is 28.3 Å². The number of rotatable bonds is 9. The van der Waals surface area contributed by atoms with Crippen LogP contribution in [0.15, 0.2) is 83.0 Å². The summed E-state index contributed by atoms with van der Waals surface area (Å²) in [6.07, 6.45) is 4.75. The summed E-state index contributed by atoms with van der Waals surface area (Å²) < 4.78 is 6.51. The molecule has 0 saturated carbocycles. The minimum atomic E-state index is -0.337. The van der Waals surface area contributed by atoms with E-state index in [1.54, 1.807) is 0 Å². The third kappa shape index (κ3) is 7.37. The molecular weight excluding hydrogens is 785 g/mol. The molecule has 0 amide bonds. The number of carbonyl (C=O) groups is 1. The van der Waals surface area contributed by atoms with E-state index in [1.165, 1.54) is 17.0 Å². The number of aryl methyl sites for hydroxylation is 1. The molecule has 6 heteroatoms. The Kier molecular flexibility index (Phi) is 11.9. The number of furan rings is 1. The topological polar surface area (TPSA) is 76.2 Å². The molecule has 49 heavy (non-hydrogen) atoms. The molecule has 0 saturated heterocycles. The van der Waals surface area contributed by atoms with E-state index in [0.717, 1.165) is 81.0 Å². The van der Waals surface area contributed by atoms with Gasteiger partial charge in [-0.1, -0.05) is 109 Å². The largest absolute Gasteiger partial charge is 0.512 e. The van der Waals surface area contributed by atoms with Gasteiger partial charge in [-0.25, -0.2) is 4.98 Å². The molecule has 0 aliphatic rings. The number of nitrogens with zero attached hydrogens (tertiary/aromatic N) is 2. The fraction of sp³-hybridized carbons (Fsp3) is 0.372. The van der Waals surface area contributed by atoms with Crippen LogP contribution in [0.2, 0.25) is 0 Å². The third-order valence-corrected chi connectivity index (χ3v) is 10.6. The smallest absolute Gasteiger partial charge is 0.164 e. The second kappa shape index (κ2) is 15.4. The van der Waals surface area contributed by atoms with Crippen LogP contribution in [0.5, 0.6) is 0 Å². The van der Waals surface area contributed by atoms with Crippen molar-refractivity contribution in [1.29, 1.82) is 0 Å². The van der Waals surface area contributed by atoms with Gasteiger partial charge in [-0.05, 0) is 55.5 Å². The Morgan fingerprint density at radius 3 is 2.04 bits per heavy atom. The molecule has 6 aromatic rings. The summed E-state index contributed by atoms with van der Waals surface area (Å²) >= 11 is 0. The number of aromatic nitrogens is 2. The SMILES string of the molecule is CCC(C)(CC)C(=O)/C=C(\O)C(C)(CC)CC.Cc1nc(-c2[c-]cc3ccccc3c2)c2oc3c4ccccc4c(C(C)C)cc3c2n1.[Ir]. The summed E-state index contributed by atoms with van der Waals surface area (Å²) in [5.41, 5.74) is 4.87. The van der Waals surface area contributed by atoms with Gasteiger partial charge in [0.25, 0.3) is 0 Å². The molecule has 0 aliphatic carbocycles. The van der Waals surface area contributed by atoms with E-state index >= 15 is 0 Å². The minimum absolute atomic E-state index is 0. The first kappa shape index (κ1) is 37.9. The maximum atomic E-state index is 12.2. The van der Waals surface area contributed by atoms with Gasteiger partial charge in [0, 0.05) is 53.5 Å². The molecule has 0 spiro atoms. The van der Waals surface area contributed by atoms with E-state index < -0.39 is 0 Å². The van der Waals surface area contributed by atoms with Crippen molar-refractivity contribution < 1.29 is 34.4 Å². The van der Waals surface area contributed by atoms with Crippen molar-refractivity contribution in [3.8, 4) is 11.3 Å². The summed E-state index contributed by atoms with van der Waals surface area (Å²) in [5, 5.41) is 15.8. The maximum Gasteiger partial charge on any atom is 0.164 e. The van der Waals surface area contributed by atoms with Crippen LogP contribution in [0.25, 0.3) is 54.9 Å². The van der Waals surface area contributed by atoms with Crippen molar-refractivity contribution in [2.45, 2.75) is 93.9 Å². The predicted molar refractivity (Wildman–Crippen MR) is 201 cm³/mol. The Balaban J connectivity index is 0.000000260. The molecule has 0 fully saturated rings. The van der Waals surface area contributed by atoms with Gasteiger partial charge in [0.2, 0.25) is 0 Å². The average Bonchev–Trinajstić information content (AvgIpc) is 3.48.